The Bertz CT molecular complexity index is 1410. The molecule has 7 nitrogen and oxygen atoms in total. The van der Waals surface area contributed by atoms with Crippen molar-refractivity contribution in [2.75, 3.05) is 5.73 Å². The van der Waals surface area contributed by atoms with E-state index in [4.69, 9.17) is 5.73 Å². The van der Waals surface area contributed by atoms with Crippen molar-refractivity contribution < 1.29 is 0 Å². The van der Waals surface area contributed by atoms with Crippen LogP contribution in [0.2, 0.25) is 0 Å². The number of nitrogen functional groups attached to an aromatic ring is 1. The first-order valence-electron chi connectivity index (χ1n) is 9.69. The number of anilines is 1. The summed E-state index contributed by atoms with van der Waals surface area (Å²) in [5.41, 5.74) is 10.5. The Morgan fingerprint density at radius 3 is 2.45 bits per heavy atom. The minimum Gasteiger partial charge on any atom is -0.382 e. The van der Waals surface area contributed by atoms with Crippen molar-refractivity contribution in [1.29, 1.82) is 0 Å². The lowest BCUT2D eigenvalue weighted by molar-refractivity contribution is 0.800. The Hall–Kier alpha value is -4.57. The van der Waals surface area contributed by atoms with Crippen molar-refractivity contribution in [2.45, 2.75) is 6.54 Å². The minimum absolute atomic E-state index is 0.329. The average Bonchev–Trinajstić information content (AvgIpc) is 3.18. The highest BCUT2D eigenvalue weighted by Gasteiger charge is 2.14. The van der Waals surface area contributed by atoms with E-state index >= 15 is 0 Å². The molecule has 2 N–H and O–H groups in total. The number of nitrogens with zero attached hydrogens (tertiary/aromatic N) is 6. The highest BCUT2D eigenvalue weighted by molar-refractivity contribution is 5.82. The van der Waals surface area contributed by atoms with Gasteiger partial charge in [0.05, 0.1) is 17.9 Å². The number of fused-ring (bicyclic) bond motifs is 1. The van der Waals surface area contributed by atoms with Crippen molar-refractivity contribution in [1.82, 2.24) is 29.5 Å². The normalized spacial score (nSPS) is 10.6. The summed E-state index contributed by atoms with van der Waals surface area (Å²) in [7, 11) is 0. The second-order valence-electron chi connectivity index (χ2n) is 6.81. The molecule has 0 radical (unpaired) electrons. The molecule has 0 aliphatic rings. The zero-order chi connectivity index (χ0) is 21.0. The van der Waals surface area contributed by atoms with Crippen LogP contribution in [0.1, 0.15) is 17.1 Å². The molecule has 4 heterocycles. The molecule has 148 valence electrons. The predicted molar refractivity (Wildman–Crippen MR) is 119 cm³/mol. The van der Waals surface area contributed by atoms with Gasteiger partial charge in [-0.3, -0.25) is 9.55 Å². The van der Waals surface area contributed by atoms with Crippen LogP contribution in [0.15, 0.2) is 79.3 Å². The second-order valence-corrected chi connectivity index (χ2v) is 6.81. The third-order valence-electron chi connectivity index (χ3n) is 4.72. The summed E-state index contributed by atoms with van der Waals surface area (Å²) < 4.78 is 1.94. The largest absolute Gasteiger partial charge is 0.382 e. The SMILES string of the molecule is Nc1ncnc2c1nc(C#Cc1cccc(-c3ccccn3)n1)n2Cc1ccccc1. The summed E-state index contributed by atoms with van der Waals surface area (Å²) in [6.45, 7) is 0.569. The molecule has 0 aliphatic carbocycles. The Balaban J connectivity index is 1.57. The van der Waals surface area contributed by atoms with E-state index in [0.29, 0.717) is 35.0 Å². The molecular weight excluding hydrogens is 386 g/mol. The van der Waals surface area contributed by atoms with Crippen LogP contribution in [-0.4, -0.2) is 29.5 Å². The summed E-state index contributed by atoms with van der Waals surface area (Å²) in [5, 5.41) is 0. The first kappa shape index (κ1) is 18.5. The average molecular weight is 403 g/mol. The molecule has 31 heavy (non-hydrogen) atoms. The summed E-state index contributed by atoms with van der Waals surface area (Å²) in [5.74, 6) is 7.14. The molecule has 4 aromatic heterocycles. The van der Waals surface area contributed by atoms with Crippen LogP contribution in [0.3, 0.4) is 0 Å². The maximum absolute atomic E-state index is 6.03. The number of pyridine rings is 2. The van der Waals surface area contributed by atoms with Gasteiger partial charge in [-0.1, -0.05) is 42.5 Å². The summed E-state index contributed by atoms with van der Waals surface area (Å²) in [6, 6.07) is 21.5. The number of hydrogen-bond acceptors (Lipinski definition) is 6. The fraction of sp³-hybridized carbons (Fsp3) is 0.0417. The third-order valence-corrected chi connectivity index (χ3v) is 4.72. The van der Waals surface area contributed by atoms with Gasteiger partial charge in [0, 0.05) is 6.20 Å². The number of nitrogens with two attached hydrogens (primary N) is 1. The van der Waals surface area contributed by atoms with Crippen LogP contribution in [0.25, 0.3) is 22.6 Å². The number of hydrogen-bond donors (Lipinski definition) is 1. The standard InChI is InChI=1S/C24H17N7/c25-23-22-24(28-16-27-23)31(15-17-7-2-1-3-8-17)21(30-22)13-12-18-9-6-11-20(29-18)19-10-4-5-14-26-19/h1-11,14,16H,15H2,(H2,25,27,28). The zero-order valence-corrected chi connectivity index (χ0v) is 16.5. The lowest BCUT2D eigenvalue weighted by atomic mass is 10.2. The van der Waals surface area contributed by atoms with Gasteiger partial charge in [0.2, 0.25) is 0 Å². The molecule has 0 bridgehead atoms. The minimum atomic E-state index is 0.329. The van der Waals surface area contributed by atoms with Gasteiger partial charge in [0.1, 0.15) is 12.0 Å². The van der Waals surface area contributed by atoms with Crippen molar-refractivity contribution in [3.05, 3.63) is 96.3 Å². The highest BCUT2D eigenvalue weighted by atomic mass is 15.1. The van der Waals surface area contributed by atoms with E-state index in [2.05, 4.69) is 36.8 Å². The first-order valence-corrected chi connectivity index (χ1v) is 9.69. The Labute approximate surface area is 178 Å². The van der Waals surface area contributed by atoms with E-state index in [0.717, 1.165) is 17.0 Å². The molecule has 0 aliphatic heterocycles. The summed E-state index contributed by atoms with van der Waals surface area (Å²) >= 11 is 0. The van der Waals surface area contributed by atoms with E-state index in [1.165, 1.54) is 6.33 Å². The van der Waals surface area contributed by atoms with Gasteiger partial charge in [0.25, 0.3) is 0 Å². The molecule has 0 amide bonds. The first-order chi connectivity index (χ1) is 15.3. The van der Waals surface area contributed by atoms with Crippen LogP contribution in [0.5, 0.6) is 0 Å². The van der Waals surface area contributed by atoms with Crippen LogP contribution in [0.4, 0.5) is 5.82 Å². The number of aromatic nitrogens is 6. The van der Waals surface area contributed by atoms with Crippen molar-refractivity contribution >= 4 is 17.0 Å². The molecule has 0 unspecified atom stereocenters. The van der Waals surface area contributed by atoms with Crippen molar-refractivity contribution in [2.24, 2.45) is 0 Å². The Morgan fingerprint density at radius 1 is 0.774 bits per heavy atom. The maximum atomic E-state index is 6.03. The fourth-order valence-electron chi connectivity index (χ4n) is 3.25. The molecule has 5 rings (SSSR count). The number of benzene rings is 1. The van der Waals surface area contributed by atoms with Gasteiger partial charge in [0.15, 0.2) is 22.8 Å². The van der Waals surface area contributed by atoms with E-state index in [9.17, 15) is 0 Å². The van der Waals surface area contributed by atoms with Crippen molar-refractivity contribution in [3.63, 3.8) is 0 Å². The van der Waals surface area contributed by atoms with Crippen LogP contribution in [-0.2, 0) is 6.54 Å². The lowest BCUT2D eigenvalue weighted by Crippen LogP contribution is -2.04. The van der Waals surface area contributed by atoms with Crippen LogP contribution >= 0.6 is 0 Å². The monoisotopic (exact) mass is 403 g/mol. The molecule has 0 atom stereocenters. The van der Waals surface area contributed by atoms with Crippen LogP contribution in [0, 0.1) is 11.8 Å². The van der Waals surface area contributed by atoms with Crippen molar-refractivity contribution in [3.8, 4) is 23.2 Å². The number of rotatable bonds is 3. The van der Waals surface area contributed by atoms with Crippen LogP contribution < -0.4 is 5.73 Å². The van der Waals surface area contributed by atoms with Gasteiger partial charge in [-0.25, -0.2) is 19.9 Å². The number of imidazole rings is 1. The smallest absolute Gasteiger partial charge is 0.188 e. The van der Waals surface area contributed by atoms with E-state index in [1.54, 1.807) is 6.20 Å². The Kier molecular flexibility index (Phi) is 4.79. The summed E-state index contributed by atoms with van der Waals surface area (Å²) in [4.78, 5) is 22.0. The third kappa shape index (κ3) is 3.82. The van der Waals surface area contributed by atoms with Gasteiger partial charge < -0.3 is 5.73 Å². The topological polar surface area (TPSA) is 95.4 Å². The molecule has 0 saturated heterocycles. The van der Waals surface area contributed by atoms with E-state index in [1.807, 2.05) is 71.3 Å². The van der Waals surface area contributed by atoms with Gasteiger partial charge in [-0.2, -0.15) is 0 Å². The fourth-order valence-corrected chi connectivity index (χ4v) is 3.25. The van der Waals surface area contributed by atoms with Gasteiger partial charge in [-0.05, 0) is 41.7 Å². The van der Waals surface area contributed by atoms with Gasteiger partial charge in [-0.15, -0.1) is 0 Å². The molecule has 5 aromatic rings. The quantitative estimate of drug-likeness (QED) is 0.464. The molecule has 1 aromatic carbocycles. The predicted octanol–water partition coefficient (Wildman–Crippen LogP) is 3.31. The molecule has 0 saturated carbocycles. The lowest BCUT2D eigenvalue weighted by Gasteiger charge is -2.05. The highest BCUT2D eigenvalue weighted by Crippen LogP contribution is 2.19. The maximum Gasteiger partial charge on any atom is 0.188 e. The summed E-state index contributed by atoms with van der Waals surface area (Å²) in [6.07, 6.45) is 3.18. The molecule has 0 spiro atoms. The molecule has 7 heteroatoms. The molecular formula is C24H17N7. The molecule has 0 fully saturated rings. The van der Waals surface area contributed by atoms with Gasteiger partial charge >= 0.3 is 0 Å². The zero-order valence-electron chi connectivity index (χ0n) is 16.5. The van der Waals surface area contributed by atoms with E-state index in [-0.39, 0.29) is 0 Å². The second kappa shape index (κ2) is 8.05. The van der Waals surface area contributed by atoms with E-state index < -0.39 is 0 Å². The Morgan fingerprint density at radius 2 is 1.61 bits per heavy atom.